The van der Waals surface area contributed by atoms with E-state index in [4.69, 9.17) is 16.3 Å². The predicted octanol–water partition coefficient (Wildman–Crippen LogP) is 5.14. The summed E-state index contributed by atoms with van der Waals surface area (Å²) < 4.78 is 11.3. The third kappa shape index (κ3) is 3.03. The van der Waals surface area contributed by atoms with Gasteiger partial charge in [-0.2, -0.15) is 0 Å². The number of nitrogens with zero attached hydrogens (tertiary/aromatic N) is 3. The number of benzene rings is 3. The van der Waals surface area contributed by atoms with E-state index in [9.17, 15) is 9.59 Å². The van der Waals surface area contributed by atoms with Gasteiger partial charge in [-0.3, -0.25) is 13.9 Å². The second-order valence-corrected chi connectivity index (χ2v) is 9.27. The molecule has 1 aliphatic heterocycles. The van der Waals surface area contributed by atoms with E-state index in [-0.39, 0.29) is 5.56 Å². The van der Waals surface area contributed by atoms with Gasteiger partial charge in [-0.1, -0.05) is 60.1 Å². The first-order valence-corrected chi connectivity index (χ1v) is 11.7. The molecule has 1 atom stereocenters. The van der Waals surface area contributed by atoms with E-state index < -0.39 is 11.8 Å². The zero-order valence-corrected chi connectivity index (χ0v) is 20.2. The Bertz CT molecular complexity index is 1780. The summed E-state index contributed by atoms with van der Waals surface area (Å²) >= 11 is 6.36. The zero-order valence-electron chi connectivity index (χ0n) is 19.4. The Balaban J connectivity index is 1.89. The van der Waals surface area contributed by atoms with Crippen LogP contribution in [0.3, 0.4) is 0 Å². The summed E-state index contributed by atoms with van der Waals surface area (Å²) in [6.07, 6.45) is -0.582. The van der Waals surface area contributed by atoms with E-state index in [1.807, 2.05) is 79.7 Å². The van der Waals surface area contributed by atoms with Gasteiger partial charge in [0.1, 0.15) is 5.75 Å². The van der Waals surface area contributed by atoms with Crippen molar-refractivity contribution in [3.05, 3.63) is 115 Å². The Morgan fingerprint density at radius 3 is 2.40 bits per heavy atom. The van der Waals surface area contributed by atoms with Crippen molar-refractivity contribution in [3.63, 3.8) is 0 Å². The minimum absolute atomic E-state index is 0.342. The van der Waals surface area contributed by atoms with E-state index in [0.29, 0.717) is 21.7 Å². The molecule has 3 heterocycles. The van der Waals surface area contributed by atoms with E-state index in [2.05, 4.69) is 4.57 Å². The van der Waals surface area contributed by atoms with Gasteiger partial charge in [0, 0.05) is 24.7 Å². The van der Waals surface area contributed by atoms with Crippen molar-refractivity contribution in [1.82, 2.24) is 13.7 Å². The molecule has 0 bridgehead atoms. The highest BCUT2D eigenvalue weighted by atomic mass is 35.5. The number of rotatable bonds is 2. The van der Waals surface area contributed by atoms with Crippen LogP contribution in [0.1, 0.15) is 22.9 Å². The van der Waals surface area contributed by atoms with Crippen LogP contribution in [0.15, 0.2) is 82.4 Å². The maximum Gasteiger partial charge on any atom is 0.331 e. The molecule has 0 radical (unpaired) electrons. The fourth-order valence-corrected chi connectivity index (χ4v) is 5.30. The molecule has 0 unspecified atom stereocenters. The molecule has 1 aliphatic rings. The molecule has 174 valence electrons. The lowest BCUT2D eigenvalue weighted by Gasteiger charge is -2.30. The quantitative estimate of drug-likeness (QED) is 0.349. The van der Waals surface area contributed by atoms with Crippen molar-refractivity contribution < 1.29 is 4.74 Å². The zero-order chi connectivity index (χ0) is 24.4. The largest absolute Gasteiger partial charge is 0.477 e. The molecule has 0 fully saturated rings. The van der Waals surface area contributed by atoms with Crippen LogP contribution in [-0.2, 0) is 14.1 Å². The average molecular weight is 484 g/mol. The van der Waals surface area contributed by atoms with Crippen LogP contribution >= 0.6 is 11.6 Å². The maximum atomic E-state index is 13.7. The molecule has 6 nitrogen and oxygen atoms in total. The molecule has 2 aromatic heterocycles. The summed E-state index contributed by atoms with van der Waals surface area (Å²) in [5.41, 5.74) is 4.86. The van der Waals surface area contributed by atoms with Gasteiger partial charge in [0.15, 0.2) is 6.10 Å². The first kappa shape index (κ1) is 21.5. The minimum Gasteiger partial charge on any atom is -0.477 e. The van der Waals surface area contributed by atoms with Crippen LogP contribution in [0.4, 0.5) is 0 Å². The molecule has 5 aromatic rings. The van der Waals surface area contributed by atoms with Gasteiger partial charge in [0.2, 0.25) is 0 Å². The van der Waals surface area contributed by atoms with Crippen LogP contribution in [0, 0.1) is 6.92 Å². The first-order valence-electron chi connectivity index (χ1n) is 11.3. The van der Waals surface area contributed by atoms with Gasteiger partial charge in [-0.15, -0.1) is 0 Å². The highest BCUT2D eigenvalue weighted by molar-refractivity contribution is 6.30. The van der Waals surface area contributed by atoms with Gasteiger partial charge in [-0.25, -0.2) is 4.79 Å². The number of hydrogen-bond acceptors (Lipinski definition) is 3. The number of aryl methyl sites for hydroxylation is 2. The molecule has 0 aliphatic carbocycles. The minimum atomic E-state index is -0.582. The lowest BCUT2D eigenvalue weighted by molar-refractivity contribution is 0.229. The van der Waals surface area contributed by atoms with Crippen LogP contribution in [0.2, 0.25) is 5.02 Å². The fraction of sp³-hybridized carbons (Fsp3) is 0.143. The number of hydrogen-bond donors (Lipinski definition) is 0. The summed E-state index contributed by atoms with van der Waals surface area (Å²) in [6, 6.07) is 23.2. The molecule has 0 saturated heterocycles. The molecule has 6 rings (SSSR count). The van der Waals surface area contributed by atoms with E-state index in [0.717, 1.165) is 38.3 Å². The van der Waals surface area contributed by atoms with Crippen LogP contribution in [-0.4, -0.2) is 13.7 Å². The van der Waals surface area contributed by atoms with Crippen molar-refractivity contribution in [2.45, 2.75) is 13.0 Å². The summed E-state index contributed by atoms with van der Waals surface area (Å²) in [5.74, 6) is 0.682. The summed E-state index contributed by atoms with van der Waals surface area (Å²) in [7, 11) is 3.21. The summed E-state index contributed by atoms with van der Waals surface area (Å²) in [4.78, 5) is 26.8. The van der Waals surface area contributed by atoms with Crippen molar-refractivity contribution >= 4 is 22.5 Å². The number of halogens is 1. The second-order valence-electron chi connectivity index (χ2n) is 8.83. The lowest BCUT2D eigenvalue weighted by atomic mass is 10.0. The third-order valence-corrected chi connectivity index (χ3v) is 6.99. The Labute approximate surface area is 206 Å². The molecule has 7 heteroatoms. The van der Waals surface area contributed by atoms with E-state index >= 15 is 0 Å². The third-order valence-electron chi connectivity index (χ3n) is 6.76. The molecule has 0 amide bonds. The Kier molecular flexibility index (Phi) is 4.76. The van der Waals surface area contributed by atoms with Crippen LogP contribution in [0.25, 0.3) is 27.8 Å². The Morgan fingerprint density at radius 2 is 1.63 bits per heavy atom. The van der Waals surface area contributed by atoms with Gasteiger partial charge in [0.05, 0.1) is 28.0 Å². The highest BCUT2D eigenvalue weighted by Crippen LogP contribution is 2.47. The smallest absolute Gasteiger partial charge is 0.331 e. The lowest BCUT2D eigenvalue weighted by Crippen LogP contribution is -2.37. The van der Waals surface area contributed by atoms with E-state index in [1.54, 1.807) is 11.6 Å². The highest BCUT2D eigenvalue weighted by Gasteiger charge is 2.36. The molecule has 35 heavy (non-hydrogen) atoms. The Hall–Kier alpha value is -4.03. The molecular weight excluding hydrogens is 462 g/mol. The van der Waals surface area contributed by atoms with Gasteiger partial charge in [-0.05, 0) is 42.3 Å². The fourth-order valence-electron chi connectivity index (χ4n) is 5.10. The molecular formula is C28H22ClN3O3. The Morgan fingerprint density at radius 1 is 0.886 bits per heavy atom. The number of para-hydroxylation sites is 2. The maximum absolute atomic E-state index is 13.7. The number of aromatic nitrogens is 3. The van der Waals surface area contributed by atoms with Crippen molar-refractivity contribution in [1.29, 1.82) is 0 Å². The summed E-state index contributed by atoms with van der Waals surface area (Å²) in [5, 5.41) is 1.06. The number of fused-ring (bicyclic) bond motifs is 5. The van der Waals surface area contributed by atoms with Crippen molar-refractivity contribution in [3.8, 4) is 22.7 Å². The number of ether oxygens (including phenoxy) is 1. The predicted molar refractivity (Wildman–Crippen MR) is 138 cm³/mol. The standard InChI is InChI=1S/C28H22ClN3O3/c1-16-9-4-5-12-19(16)23-22-24(30(2)28(34)31(3)27(22)33)25-26(17-10-8-11-18(29)15-17)35-21-14-7-6-13-20(21)32(23)25/h4-15,26H,1-3H3/t26-/m1/s1. The van der Waals surface area contributed by atoms with Crippen LogP contribution in [0.5, 0.6) is 5.75 Å². The summed E-state index contributed by atoms with van der Waals surface area (Å²) in [6.45, 7) is 2.02. The molecule has 3 aromatic carbocycles. The monoisotopic (exact) mass is 483 g/mol. The average Bonchev–Trinajstić information content (AvgIpc) is 3.22. The van der Waals surface area contributed by atoms with Gasteiger partial charge in [0.25, 0.3) is 5.56 Å². The van der Waals surface area contributed by atoms with Crippen molar-refractivity contribution in [2.75, 3.05) is 0 Å². The first-order chi connectivity index (χ1) is 16.9. The van der Waals surface area contributed by atoms with Gasteiger partial charge < -0.3 is 9.30 Å². The van der Waals surface area contributed by atoms with Crippen LogP contribution < -0.4 is 16.0 Å². The topological polar surface area (TPSA) is 58.2 Å². The normalized spacial score (nSPS) is 14.5. The van der Waals surface area contributed by atoms with E-state index in [1.165, 1.54) is 7.05 Å². The second kappa shape index (κ2) is 7.75. The molecule has 0 saturated carbocycles. The molecule has 0 N–H and O–H groups in total. The van der Waals surface area contributed by atoms with Crippen molar-refractivity contribution in [2.24, 2.45) is 14.1 Å². The molecule has 0 spiro atoms. The SMILES string of the molecule is Cc1ccccc1-c1c2c(=O)n(C)c(=O)n(C)c2c2n1-c1ccccc1O[C@@H]2c1cccc(Cl)c1. The van der Waals surface area contributed by atoms with Gasteiger partial charge >= 0.3 is 5.69 Å².